The van der Waals surface area contributed by atoms with E-state index >= 15 is 0 Å². The molecule has 0 aliphatic rings. The van der Waals surface area contributed by atoms with Gasteiger partial charge in [0, 0.05) is 0 Å². The van der Waals surface area contributed by atoms with Crippen LogP contribution in [0, 0.1) is 5.41 Å². The molecule has 0 saturated heterocycles. The minimum absolute atomic E-state index is 0. The number of rotatable bonds is 5. The van der Waals surface area contributed by atoms with E-state index in [9.17, 15) is 24.6 Å². The maximum atomic E-state index is 10.9. The molecule has 0 aromatic carbocycles. The smallest absolute Gasteiger partial charge is 0.876 e. The van der Waals surface area contributed by atoms with Crippen molar-refractivity contribution in [3.05, 3.63) is 11.8 Å². The van der Waals surface area contributed by atoms with E-state index in [1.165, 1.54) is 20.8 Å². The number of carboxylic acids is 1. The van der Waals surface area contributed by atoms with E-state index in [0.29, 0.717) is 12.8 Å². The minimum atomic E-state index is -1.25. The molecule has 0 saturated carbocycles. The maximum Gasteiger partial charge on any atom is 2.00 e. The molecule has 5 nitrogen and oxygen atoms in total. The number of allylic oxidation sites excluding steroid dienone is 2. The van der Waals surface area contributed by atoms with Crippen molar-refractivity contribution in [1.82, 2.24) is 0 Å². The van der Waals surface area contributed by atoms with Crippen molar-refractivity contribution in [1.29, 1.82) is 0 Å². The predicted octanol–water partition coefficient (Wildman–Crippen LogP) is -0.0313. The molecule has 0 N–H and O–H groups in total. The molecule has 0 unspecified atom stereocenters. The molecule has 0 radical (unpaired) electrons. The summed E-state index contributed by atoms with van der Waals surface area (Å²) in [6.07, 6.45) is 1.67. The van der Waals surface area contributed by atoms with Crippen LogP contribution in [0.15, 0.2) is 11.8 Å². The Hall–Kier alpha value is -0.767. The van der Waals surface area contributed by atoms with Crippen LogP contribution in [-0.4, -0.2) is 17.5 Å². The van der Waals surface area contributed by atoms with Gasteiger partial charge in [0.25, 0.3) is 0 Å². The molecule has 0 aliphatic carbocycles. The van der Waals surface area contributed by atoms with E-state index in [2.05, 4.69) is 0 Å². The maximum absolute atomic E-state index is 10.9. The molecule has 0 aromatic rings. The number of hydrogen-bond acceptors (Lipinski definition) is 5. The van der Waals surface area contributed by atoms with Crippen LogP contribution in [0.1, 0.15) is 47.5 Å². The van der Waals surface area contributed by atoms with Gasteiger partial charge in [-0.2, -0.15) is 0 Å². The molecule has 106 valence electrons. The first-order chi connectivity index (χ1) is 8.13. The number of hydrogen-bond donors (Lipinski definition) is 0. The molecule has 0 heterocycles. The Morgan fingerprint density at radius 3 is 1.37 bits per heavy atom. The van der Waals surface area contributed by atoms with Gasteiger partial charge in [0.1, 0.15) is 5.78 Å². The molecule has 19 heavy (non-hydrogen) atoms. The number of aliphatic carboxylic acids is 1. The zero-order valence-electron chi connectivity index (χ0n) is 12.0. The van der Waals surface area contributed by atoms with Gasteiger partial charge in [-0.05, 0) is 32.8 Å². The fourth-order valence-corrected chi connectivity index (χ4v) is 1.47. The van der Waals surface area contributed by atoms with E-state index in [-0.39, 0.29) is 43.5 Å². The Labute approximate surface area is 133 Å². The van der Waals surface area contributed by atoms with Gasteiger partial charge in [-0.1, -0.05) is 20.8 Å². The SMILES string of the molecule is CC(=O)/C=C(/C)[O-].CCC(CC)(C(C)=O)C(=O)[O-].[Zr+2]. The summed E-state index contributed by atoms with van der Waals surface area (Å²) in [5, 5.41) is 20.6. The van der Waals surface area contributed by atoms with Gasteiger partial charge in [-0.15, -0.1) is 5.76 Å². The molecule has 0 bridgehead atoms. The number of carbonyl (C=O) groups excluding carboxylic acids is 3. The zero-order chi connectivity index (χ0) is 14.9. The predicted molar refractivity (Wildman–Crippen MR) is 63.1 cm³/mol. The fraction of sp³-hybridized carbons (Fsp3) is 0.615. The fourth-order valence-electron chi connectivity index (χ4n) is 1.47. The third kappa shape index (κ3) is 8.87. The van der Waals surface area contributed by atoms with Gasteiger partial charge in [0.05, 0.1) is 11.4 Å². The molecule has 0 spiro atoms. The Morgan fingerprint density at radius 2 is 1.37 bits per heavy atom. The third-order valence-electron chi connectivity index (χ3n) is 2.68. The van der Waals surface area contributed by atoms with Crippen molar-refractivity contribution in [3.63, 3.8) is 0 Å². The number of carboxylic acid groups (broad SMARTS) is 1. The van der Waals surface area contributed by atoms with Crippen LogP contribution in [0.3, 0.4) is 0 Å². The van der Waals surface area contributed by atoms with E-state index in [0.717, 1.165) is 6.08 Å². The van der Waals surface area contributed by atoms with Crippen LogP contribution in [0.2, 0.25) is 0 Å². The molecule has 0 atom stereocenters. The van der Waals surface area contributed by atoms with E-state index in [1.54, 1.807) is 13.8 Å². The first-order valence-corrected chi connectivity index (χ1v) is 5.72. The van der Waals surface area contributed by atoms with Crippen LogP contribution in [0.4, 0.5) is 0 Å². The Morgan fingerprint density at radius 1 is 1.00 bits per heavy atom. The summed E-state index contributed by atoms with van der Waals surface area (Å²) in [5.74, 6) is -1.95. The van der Waals surface area contributed by atoms with Crippen molar-refractivity contribution in [2.75, 3.05) is 0 Å². The molecule has 0 aliphatic heterocycles. The van der Waals surface area contributed by atoms with E-state index < -0.39 is 11.4 Å². The van der Waals surface area contributed by atoms with Crippen molar-refractivity contribution in [2.24, 2.45) is 5.41 Å². The molecule has 0 fully saturated rings. The zero-order valence-corrected chi connectivity index (χ0v) is 14.5. The van der Waals surface area contributed by atoms with Crippen LogP contribution in [-0.2, 0) is 40.6 Å². The topological polar surface area (TPSA) is 97.3 Å². The average molecular weight is 348 g/mol. The molecule has 0 amide bonds. The Kier molecular flexibility index (Phi) is 13.6. The summed E-state index contributed by atoms with van der Waals surface area (Å²) < 4.78 is 0. The van der Waals surface area contributed by atoms with E-state index in [4.69, 9.17) is 0 Å². The summed E-state index contributed by atoms with van der Waals surface area (Å²) in [4.78, 5) is 31.5. The summed E-state index contributed by atoms with van der Waals surface area (Å²) in [7, 11) is 0. The van der Waals surface area contributed by atoms with Gasteiger partial charge in [0.2, 0.25) is 0 Å². The van der Waals surface area contributed by atoms with Gasteiger partial charge in [-0.3, -0.25) is 9.59 Å². The van der Waals surface area contributed by atoms with Crippen molar-refractivity contribution < 1.29 is 50.8 Å². The Balaban J connectivity index is -0.000000280. The van der Waals surface area contributed by atoms with Crippen molar-refractivity contribution in [3.8, 4) is 0 Å². The minimum Gasteiger partial charge on any atom is -0.876 e. The second-order valence-electron chi connectivity index (χ2n) is 4.00. The standard InChI is InChI=1S/C8H14O3.C5H8O2.Zr/c1-4-8(5-2,6(3)9)7(10)11;1-4(6)3-5(2)7;/h4-5H2,1-3H3,(H,10,11);3,6H,1-2H3;/q;;+2/p-2/b;4-3-;. The van der Waals surface area contributed by atoms with Crippen LogP contribution in [0.5, 0.6) is 0 Å². The second kappa shape index (κ2) is 11.1. The van der Waals surface area contributed by atoms with Crippen LogP contribution < -0.4 is 10.2 Å². The van der Waals surface area contributed by atoms with Gasteiger partial charge in [0.15, 0.2) is 5.78 Å². The summed E-state index contributed by atoms with van der Waals surface area (Å²) in [5.41, 5.74) is -1.25. The average Bonchev–Trinajstić information content (AvgIpc) is 2.17. The largest absolute Gasteiger partial charge is 2.00 e. The summed E-state index contributed by atoms with van der Waals surface area (Å²) >= 11 is 0. The van der Waals surface area contributed by atoms with Gasteiger partial charge >= 0.3 is 26.2 Å². The number of ketones is 2. The van der Waals surface area contributed by atoms with Crippen molar-refractivity contribution in [2.45, 2.75) is 47.5 Å². The third-order valence-corrected chi connectivity index (χ3v) is 2.68. The van der Waals surface area contributed by atoms with Gasteiger partial charge in [-0.25, -0.2) is 0 Å². The van der Waals surface area contributed by atoms with Crippen molar-refractivity contribution >= 4 is 17.5 Å². The molecule has 6 heteroatoms. The normalized spacial score (nSPS) is 10.7. The first kappa shape index (κ1) is 23.3. The monoisotopic (exact) mass is 346 g/mol. The second-order valence-corrected chi connectivity index (χ2v) is 4.00. The quantitative estimate of drug-likeness (QED) is 0.395. The molecular formula is C13H20O5Zr. The Bertz CT molecular complexity index is 323. The number of Topliss-reactive ketones (excluding diaryl/α,β-unsaturated/α-hetero) is 1. The summed E-state index contributed by atoms with van der Waals surface area (Å²) in [6, 6.07) is 0. The molecule has 0 aromatic heterocycles. The molecular weight excluding hydrogens is 327 g/mol. The van der Waals surface area contributed by atoms with Gasteiger partial charge < -0.3 is 15.0 Å². The first-order valence-electron chi connectivity index (χ1n) is 5.72. The van der Waals surface area contributed by atoms with Crippen LogP contribution in [0.25, 0.3) is 0 Å². The van der Waals surface area contributed by atoms with E-state index in [1.807, 2.05) is 0 Å². The van der Waals surface area contributed by atoms with Crippen LogP contribution >= 0.6 is 0 Å². The number of carbonyl (C=O) groups is 3. The summed E-state index contributed by atoms with van der Waals surface area (Å²) in [6.45, 7) is 7.35. The molecule has 0 rings (SSSR count).